The van der Waals surface area contributed by atoms with Gasteiger partial charge in [0.25, 0.3) is 0 Å². The zero-order valence-corrected chi connectivity index (χ0v) is 11.6. The maximum Gasteiger partial charge on any atom is 0.390 e. The normalized spacial score (nSPS) is 13.1. The summed E-state index contributed by atoms with van der Waals surface area (Å²) < 4.78 is 36.9. The summed E-state index contributed by atoms with van der Waals surface area (Å²) in [6.07, 6.45) is -4.27. The lowest BCUT2D eigenvalue weighted by molar-refractivity contribution is -0.133. The van der Waals surface area contributed by atoms with E-state index in [9.17, 15) is 13.2 Å². The fraction of sp³-hybridized carbons (Fsp3) is 0.294. The van der Waals surface area contributed by atoms with Gasteiger partial charge in [0.1, 0.15) is 0 Å². The van der Waals surface area contributed by atoms with Crippen LogP contribution in [0.2, 0.25) is 0 Å². The van der Waals surface area contributed by atoms with Gasteiger partial charge in [0.15, 0.2) is 0 Å². The highest BCUT2D eigenvalue weighted by molar-refractivity contribution is 5.23. The van der Waals surface area contributed by atoms with E-state index in [-0.39, 0.29) is 12.6 Å². The Balaban J connectivity index is 2.04. The lowest BCUT2D eigenvalue weighted by Gasteiger charge is -2.20. The SMILES string of the molecule is FC(F)(F)CCNC(Cc1ccccc1)c1ccccc1. The van der Waals surface area contributed by atoms with Crippen molar-refractivity contribution >= 4 is 0 Å². The summed E-state index contributed by atoms with van der Waals surface area (Å²) in [5, 5.41) is 3.02. The molecule has 0 aliphatic carbocycles. The fourth-order valence-corrected chi connectivity index (χ4v) is 2.23. The Labute approximate surface area is 122 Å². The largest absolute Gasteiger partial charge is 0.390 e. The van der Waals surface area contributed by atoms with Gasteiger partial charge >= 0.3 is 6.18 Å². The van der Waals surface area contributed by atoms with E-state index >= 15 is 0 Å². The second kappa shape index (κ2) is 7.27. The Morgan fingerprint density at radius 3 is 2.00 bits per heavy atom. The van der Waals surface area contributed by atoms with Crippen LogP contribution in [0.25, 0.3) is 0 Å². The van der Waals surface area contributed by atoms with Crippen molar-refractivity contribution in [3.8, 4) is 0 Å². The van der Waals surface area contributed by atoms with Crippen LogP contribution in [-0.2, 0) is 6.42 Å². The Kier molecular flexibility index (Phi) is 5.39. The Morgan fingerprint density at radius 2 is 1.43 bits per heavy atom. The number of rotatable bonds is 6. The zero-order valence-electron chi connectivity index (χ0n) is 11.6. The molecule has 2 rings (SSSR count). The summed E-state index contributed by atoms with van der Waals surface area (Å²) in [5.41, 5.74) is 2.11. The maximum atomic E-state index is 12.3. The Morgan fingerprint density at radius 1 is 0.857 bits per heavy atom. The Bertz CT molecular complexity index is 523. The predicted octanol–water partition coefficient (Wildman–Crippen LogP) is 4.51. The topological polar surface area (TPSA) is 12.0 Å². The van der Waals surface area contributed by atoms with Crippen molar-refractivity contribution in [2.24, 2.45) is 0 Å². The summed E-state index contributed by atoms with van der Waals surface area (Å²) >= 11 is 0. The van der Waals surface area contributed by atoms with Crippen molar-refractivity contribution in [3.63, 3.8) is 0 Å². The van der Waals surface area contributed by atoms with E-state index in [1.165, 1.54) is 0 Å². The van der Waals surface area contributed by atoms with E-state index in [0.29, 0.717) is 6.42 Å². The van der Waals surface area contributed by atoms with Gasteiger partial charge in [-0.15, -0.1) is 0 Å². The van der Waals surface area contributed by atoms with E-state index in [1.54, 1.807) is 0 Å². The molecule has 2 aromatic rings. The number of alkyl halides is 3. The summed E-state index contributed by atoms with van der Waals surface area (Å²) in [4.78, 5) is 0. The molecule has 0 heterocycles. The highest BCUT2D eigenvalue weighted by Gasteiger charge is 2.26. The molecule has 0 saturated heterocycles. The lowest BCUT2D eigenvalue weighted by Crippen LogP contribution is -2.27. The number of nitrogens with one attached hydrogen (secondary N) is 1. The molecule has 0 aromatic heterocycles. The van der Waals surface area contributed by atoms with Gasteiger partial charge in [0.05, 0.1) is 6.42 Å². The van der Waals surface area contributed by atoms with Gasteiger partial charge in [-0.25, -0.2) is 0 Å². The fourth-order valence-electron chi connectivity index (χ4n) is 2.23. The molecule has 21 heavy (non-hydrogen) atoms. The Hall–Kier alpha value is -1.81. The number of hydrogen-bond acceptors (Lipinski definition) is 1. The molecule has 112 valence electrons. The van der Waals surface area contributed by atoms with Crippen LogP contribution in [0.5, 0.6) is 0 Å². The smallest absolute Gasteiger partial charge is 0.309 e. The number of benzene rings is 2. The molecule has 1 atom stereocenters. The van der Waals surface area contributed by atoms with Crippen molar-refractivity contribution in [2.45, 2.75) is 25.1 Å². The second-order valence-corrected chi connectivity index (χ2v) is 4.97. The third-order valence-electron chi connectivity index (χ3n) is 3.28. The summed E-state index contributed by atoms with van der Waals surface area (Å²) in [7, 11) is 0. The highest BCUT2D eigenvalue weighted by Crippen LogP contribution is 2.21. The molecule has 0 aliphatic heterocycles. The minimum atomic E-state index is -4.12. The molecule has 0 spiro atoms. The van der Waals surface area contributed by atoms with Crippen LogP contribution in [0, 0.1) is 0 Å². The monoisotopic (exact) mass is 293 g/mol. The van der Waals surface area contributed by atoms with Crippen molar-refractivity contribution in [3.05, 3.63) is 71.8 Å². The molecular weight excluding hydrogens is 275 g/mol. The average Bonchev–Trinajstić information content (AvgIpc) is 2.47. The summed E-state index contributed by atoms with van der Waals surface area (Å²) in [6, 6.07) is 19.2. The van der Waals surface area contributed by atoms with Crippen molar-refractivity contribution in [1.29, 1.82) is 0 Å². The first-order valence-electron chi connectivity index (χ1n) is 6.93. The standard InChI is InChI=1S/C17H18F3N/c18-17(19,20)11-12-21-16(15-9-5-2-6-10-15)13-14-7-3-1-4-8-14/h1-10,16,21H,11-13H2. The molecular formula is C17H18F3N. The van der Waals surface area contributed by atoms with Crippen molar-refractivity contribution in [2.75, 3.05) is 6.54 Å². The summed E-state index contributed by atoms with van der Waals surface area (Å²) in [6.45, 7) is -0.0735. The third kappa shape index (κ3) is 5.60. The molecule has 0 amide bonds. The predicted molar refractivity (Wildman–Crippen MR) is 78.0 cm³/mol. The van der Waals surface area contributed by atoms with Crippen LogP contribution in [0.4, 0.5) is 13.2 Å². The van der Waals surface area contributed by atoms with Gasteiger partial charge in [0.2, 0.25) is 0 Å². The van der Waals surface area contributed by atoms with Crippen LogP contribution in [-0.4, -0.2) is 12.7 Å². The van der Waals surface area contributed by atoms with Crippen LogP contribution in [0.15, 0.2) is 60.7 Å². The molecule has 0 aliphatic rings. The molecule has 0 fully saturated rings. The second-order valence-electron chi connectivity index (χ2n) is 4.97. The first-order chi connectivity index (χ1) is 10.0. The van der Waals surface area contributed by atoms with Crippen LogP contribution >= 0.6 is 0 Å². The van der Waals surface area contributed by atoms with E-state index in [0.717, 1.165) is 11.1 Å². The van der Waals surface area contributed by atoms with Gasteiger partial charge in [-0.1, -0.05) is 60.7 Å². The van der Waals surface area contributed by atoms with E-state index in [2.05, 4.69) is 5.32 Å². The molecule has 0 saturated carbocycles. The summed E-state index contributed by atoms with van der Waals surface area (Å²) in [5.74, 6) is 0. The quantitative estimate of drug-likeness (QED) is 0.826. The van der Waals surface area contributed by atoms with Gasteiger partial charge in [-0.05, 0) is 17.5 Å². The molecule has 1 nitrogen and oxygen atoms in total. The van der Waals surface area contributed by atoms with Crippen molar-refractivity contribution in [1.82, 2.24) is 5.32 Å². The average molecular weight is 293 g/mol. The molecule has 1 N–H and O–H groups in total. The molecule has 0 bridgehead atoms. The van der Waals surface area contributed by atoms with Crippen LogP contribution in [0.3, 0.4) is 0 Å². The van der Waals surface area contributed by atoms with E-state index in [4.69, 9.17) is 0 Å². The third-order valence-corrected chi connectivity index (χ3v) is 3.28. The molecule has 2 aromatic carbocycles. The van der Waals surface area contributed by atoms with Gasteiger partial charge in [-0.3, -0.25) is 0 Å². The van der Waals surface area contributed by atoms with E-state index < -0.39 is 12.6 Å². The minimum absolute atomic E-state index is 0.0735. The molecule has 4 heteroatoms. The highest BCUT2D eigenvalue weighted by atomic mass is 19.4. The van der Waals surface area contributed by atoms with Crippen molar-refractivity contribution < 1.29 is 13.2 Å². The number of hydrogen-bond donors (Lipinski definition) is 1. The molecule has 0 radical (unpaired) electrons. The van der Waals surface area contributed by atoms with Gasteiger partial charge in [-0.2, -0.15) is 13.2 Å². The van der Waals surface area contributed by atoms with Gasteiger partial charge < -0.3 is 5.32 Å². The maximum absolute atomic E-state index is 12.3. The zero-order chi connectivity index (χ0) is 15.1. The van der Waals surface area contributed by atoms with Crippen LogP contribution in [0.1, 0.15) is 23.6 Å². The van der Waals surface area contributed by atoms with Crippen LogP contribution < -0.4 is 5.32 Å². The minimum Gasteiger partial charge on any atom is -0.309 e. The van der Waals surface area contributed by atoms with Gasteiger partial charge in [0, 0.05) is 12.6 Å². The first-order valence-corrected chi connectivity index (χ1v) is 6.93. The number of halogens is 3. The molecule has 1 unspecified atom stereocenters. The first kappa shape index (κ1) is 15.6. The van der Waals surface area contributed by atoms with E-state index in [1.807, 2.05) is 60.7 Å². The lowest BCUT2D eigenvalue weighted by atomic mass is 9.99.